The maximum absolute atomic E-state index is 11.7. The topological polar surface area (TPSA) is 102 Å². The first-order valence-corrected chi connectivity index (χ1v) is 7.07. The molecule has 4 N–H and O–H groups in total. The van der Waals surface area contributed by atoms with Gasteiger partial charge in [-0.1, -0.05) is 0 Å². The van der Waals surface area contributed by atoms with Gasteiger partial charge in [0.25, 0.3) is 5.56 Å². The van der Waals surface area contributed by atoms with Crippen LogP contribution in [-0.4, -0.2) is 29.3 Å². The maximum atomic E-state index is 11.7. The number of anilines is 2. The van der Waals surface area contributed by atoms with Gasteiger partial charge in [0.2, 0.25) is 0 Å². The second-order valence-electron chi connectivity index (χ2n) is 5.06. The second kappa shape index (κ2) is 6.60. The molecular formula is C13H22N4O3. The summed E-state index contributed by atoms with van der Waals surface area (Å²) in [6.07, 6.45) is 3.35. The Bertz CT molecular complexity index is 560. The first-order chi connectivity index (χ1) is 9.63. The zero-order chi connectivity index (χ0) is 14.5. The normalized spacial score (nSPS) is 14.4. The van der Waals surface area contributed by atoms with Crippen molar-refractivity contribution in [3.05, 3.63) is 20.8 Å². The van der Waals surface area contributed by atoms with Crippen molar-refractivity contribution in [3.63, 3.8) is 0 Å². The lowest BCUT2D eigenvalue weighted by atomic mass is 10.4. The van der Waals surface area contributed by atoms with E-state index in [1.807, 2.05) is 0 Å². The van der Waals surface area contributed by atoms with E-state index in [1.54, 1.807) is 6.92 Å². The number of ether oxygens (including phenoxy) is 1. The molecule has 0 aromatic carbocycles. The predicted molar refractivity (Wildman–Crippen MR) is 78.1 cm³/mol. The Labute approximate surface area is 117 Å². The molecule has 0 bridgehead atoms. The molecule has 20 heavy (non-hydrogen) atoms. The summed E-state index contributed by atoms with van der Waals surface area (Å²) in [5, 5.41) is 2.98. The van der Waals surface area contributed by atoms with Crippen molar-refractivity contribution in [1.29, 1.82) is 0 Å². The maximum Gasteiger partial charge on any atom is 0.330 e. The van der Waals surface area contributed by atoms with Gasteiger partial charge in [0.15, 0.2) is 0 Å². The Morgan fingerprint density at radius 1 is 1.45 bits per heavy atom. The van der Waals surface area contributed by atoms with Gasteiger partial charge in [-0.3, -0.25) is 14.3 Å². The van der Waals surface area contributed by atoms with Crippen LogP contribution in [-0.2, 0) is 11.3 Å². The quantitative estimate of drug-likeness (QED) is 0.598. The molecule has 0 saturated heterocycles. The Morgan fingerprint density at radius 3 is 2.85 bits per heavy atom. The Kier molecular flexibility index (Phi) is 4.84. The average Bonchev–Trinajstić information content (AvgIpc) is 3.21. The molecular weight excluding hydrogens is 260 g/mol. The summed E-state index contributed by atoms with van der Waals surface area (Å²) < 4.78 is 6.83. The number of hydrogen-bond acceptors (Lipinski definition) is 5. The highest BCUT2D eigenvalue weighted by Crippen LogP contribution is 2.28. The highest BCUT2D eigenvalue weighted by Gasteiger charge is 2.20. The number of nitrogen functional groups attached to an aromatic ring is 1. The standard InChI is InChI=1S/C13H22N4O3/c1-2-17-11(14)10(12(18)16-13(17)19)15-6-3-7-20-8-9-4-5-9/h9,15H,2-8,14H2,1H3,(H,16,18,19). The number of hydrogen-bond donors (Lipinski definition) is 3. The molecule has 2 rings (SSSR count). The van der Waals surface area contributed by atoms with Crippen LogP contribution in [0.1, 0.15) is 26.2 Å². The van der Waals surface area contributed by atoms with Crippen LogP contribution in [0.3, 0.4) is 0 Å². The van der Waals surface area contributed by atoms with E-state index >= 15 is 0 Å². The molecule has 0 amide bonds. The fourth-order valence-corrected chi connectivity index (χ4v) is 1.99. The summed E-state index contributed by atoms with van der Waals surface area (Å²) in [7, 11) is 0. The van der Waals surface area contributed by atoms with Crippen LogP contribution in [0.2, 0.25) is 0 Å². The zero-order valence-corrected chi connectivity index (χ0v) is 11.8. The van der Waals surface area contributed by atoms with Crippen LogP contribution in [0.15, 0.2) is 9.59 Å². The summed E-state index contributed by atoms with van der Waals surface area (Å²) in [5.41, 5.74) is 5.14. The average molecular weight is 282 g/mol. The van der Waals surface area contributed by atoms with E-state index in [1.165, 1.54) is 17.4 Å². The van der Waals surface area contributed by atoms with Gasteiger partial charge >= 0.3 is 5.69 Å². The molecule has 0 spiro atoms. The van der Waals surface area contributed by atoms with Gasteiger partial charge in [-0.05, 0) is 32.1 Å². The van der Waals surface area contributed by atoms with E-state index in [0.717, 1.165) is 18.9 Å². The van der Waals surface area contributed by atoms with E-state index in [-0.39, 0.29) is 11.5 Å². The third-order valence-electron chi connectivity index (χ3n) is 3.37. The van der Waals surface area contributed by atoms with Crippen molar-refractivity contribution >= 4 is 11.5 Å². The highest BCUT2D eigenvalue weighted by molar-refractivity contribution is 5.60. The van der Waals surface area contributed by atoms with E-state index in [2.05, 4.69) is 10.3 Å². The summed E-state index contributed by atoms with van der Waals surface area (Å²) in [6.45, 7) is 4.30. The molecule has 0 radical (unpaired) electrons. The second-order valence-corrected chi connectivity index (χ2v) is 5.06. The molecule has 1 aliphatic rings. The first-order valence-electron chi connectivity index (χ1n) is 7.07. The third kappa shape index (κ3) is 3.63. The fraction of sp³-hybridized carbons (Fsp3) is 0.692. The fourth-order valence-electron chi connectivity index (χ4n) is 1.99. The van der Waals surface area contributed by atoms with Gasteiger partial charge in [-0.15, -0.1) is 0 Å². The molecule has 1 saturated carbocycles. The third-order valence-corrected chi connectivity index (χ3v) is 3.37. The SMILES string of the molecule is CCn1c(N)c(NCCCOCC2CC2)c(=O)[nH]c1=O. The lowest BCUT2D eigenvalue weighted by Gasteiger charge is -2.12. The van der Waals surface area contributed by atoms with Crippen molar-refractivity contribution < 1.29 is 4.74 Å². The smallest absolute Gasteiger partial charge is 0.330 e. The molecule has 7 nitrogen and oxygen atoms in total. The van der Waals surface area contributed by atoms with E-state index in [0.29, 0.717) is 19.7 Å². The van der Waals surface area contributed by atoms with E-state index in [4.69, 9.17) is 10.5 Å². The molecule has 1 fully saturated rings. The molecule has 1 aromatic rings. The molecule has 1 heterocycles. The molecule has 1 aliphatic carbocycles. The predicted octanol–water partition coefficient (Wildman–Crippen LogP) is 0.367. The van der Waals surface area contributed by atoms with Gasteiger partial charge in [0.1, 0.15) is 11.5 Å². The Morgan fingerprint density at radius 2 is 2.20 bits per heavy atom. The summed E-state index contributed by atoms with van der Waals surface area (Å²) >= 11 is 0. The highest BCUT2D eigenvalue weighted by atomic mass is 16.5. The largest absolute Gasteiger partial charge is 0.383 e. The van der Waals surface area contributed by atoms with Crippen LogP contribution < -0.4 is 22.3 Å². The van der Waals surface area contributed by atoms with Crippen LogP contribution in [0.25, 0.3) is 0 Å². The number of aromatic nitrogens is 2. The Hall–Kier alpha value is -1.76. The molecule has 0 unspecified atom stereocenters. The minimum Gasteiger partial charge on any atom is -0.383 e. The van der Waals surface area contributed by atoms with Crippen molar-refractivity contribution in [3.8, 4) is 0 Å². The lowest BCUT2D eigenvalue weighted by Crippen LogP contribution is -2.33. The van der Waals surface area contributed by atoms with Crippen molar-refractivity contribution in [1.82, 2.24) is 9.55 Å². The van der Waals surface area contributed by atoms with Crippen molar-refractivity contribution in [2.24, 2.45) is 5.92 Å². The van der Waals surface area contributed by atoms with Gasteiger partial charge in [-0.2, -0.15) is 0 Å². The molecule has 112 valence electrons. The summed E-state index contributed by atoms with van der Waals surface area (Å²) in [6, 6.07) is 0. The zero-order valence-electron chi connectivity index (χ0n) is 11.8. The van der Waals surface area contributed by atoms with Crippen molar-refractivity contribution in [2.45, 2.75) is 32.7 Å². The van der Waals surface area contributed by atoms with Crippen LogP contribution in [0.5, 0.6) is 0 Å². The molecule has 0 atom stereocenters. The Balaban J connectivity index is 1.85. The van der Waals surface area contributed by atoms with Crippen LogP contribution >= 0.6 is 0 Å². The number of nitrogens with one attached hydrogen (secondary N) is 2. The summed E-state index contributed by atoms with van der Waals surface area (Å²) in [5.74, 6) is 0.940. The number of nitrogens with two attached hydrogens (primary N) is 1. The van der Waals surface area contributed by atoms with Crippen LogP contribution in [0, 0.1) is 5.92 Å². The molecule has 7 heteroatoms. The monoisotopic (exact) mass is 282 g/mol. The van der Waals surface area contributed by atoms with Gasteiger partial charge in [0.05, 0.1) is 0 Å². The van der Waals surface area contributed by atoms with E-state index in [9.17, 15) is 9.59 Å². The minimum atomic E-state index is -0.478. The first kappa shape index (κ1) is 14.6. The van der Waals surface area contributed by atoms with Crippen molar-refractivity contribution in [2.75, 3.05) is 30.8 Å². The van der Waals surface area contributed by atoms with Gasteiger partial charge < -0.3 is 15.8 Å². The molecule has 1 aromatic heterocycles. The number of rotatable bonds is 8. The van der Waals surface area contributed by atoms with Gasteiger partial charge in [-0.25, -0.2) is 4.79 Å². The summed E-state index contributed by atoms with van der Waals surface area (Å²) in [4.78, 5) is 25.5. The lowest BCUT2D eigenvalue weighted by molar-refractivity contribution is 0.124. The minimum absolute atomic E-state index is 0.181. The molecule has 0 aliphatic heterocycles. The van der Waals surface area contributed by atoms with E-state index < -0.39 is 11.2 Å². The number of H-pyrrole nitrogens is 1. The number of aromatic amines is 1. The number of nitrogens with zero attached hydrogens (tertiary/aromatic N) is 1. The van der Waals surface area contributed by atoms with Crippen LogP contribution in [0.4, 0.5) is 11.5 Å². The van der Waals surface area contributed by atoms with Gasteiger partial charge in [0, 0.05) is 26.3 Å².